The van der Waals surface area contributed by atoms with E-state index in [9.17, 15) is 4.79 Å². The molecule has 0 amide bonds. The number of carbonyl (C=O) groups excluding carboxylic acids is 1. The van der Waals surface area contributed by atoms with Crippen LogP contribution in [0.2, 0.25) is 5.02 Å². The molecule has 1 aliphatic rings. The van der Waals surface area contributed by atoms with Crippen LogP contribution >= 0.6 is 11.6 Å². The molecule has 104 valence electrons. The fourth-order valence-corrected chi connectivity index (χ4v) is 2.58. The molecule has 0 spiro atoms. The largest absolute Gasteiger partial charge is 0.493 e. The third-order valence-corrected chi connectivity index (χ3v) is 3.59. The minimum absolute atomic E-state index is 0.0906. The topological polar surface area (TPSA) is 29.5 Å². The molecule has 3 nitrogen and oxygen atoms in total. The van der Waals surface area contributed by atoms with Crippen LogP contribution in [0, 0.1) is 0 Å². The van der Waals surface area contributed by atoms with E-state index in [-0.39, 0.29) is 5.78 Å². The van der Waals surface area contributed by atoms with Gasteiger partial charge in [0.05, 0.1) is 18.7 Å². The molecule has 1 aliphatic heterocycles. The summed E-state index contributed by atoms with van der Waals surface area (Å²) in [4.78, 5) is 14.6. The molecule has 0 radical (unpaired) electrons. The van der Waals surface area contributed by atoms with Crippen LogP contribution in [0.15, 0.2) is 18.2 Å². The maximum absolute atomic E-state index is 12.4. The Hall–Kier alpha value is -1.06. The first-order valence-corrected chi connectivity index (χ1v) is 7.26. The first-order valence-electron chi connectivity index (χ1n) is 6.88. The lowest BCUT2D eigenvalue weighted by Crippen LogP contribution is -2.34. The second-order valence-corrected chi connectivity index (χ2v) is 5.27. The van der Waals surface area contributed by atoms with Crippen LogP contribution in [0.5, 0.6) is 5.75 Å². The minimum Gasteiger partial charge on any atom is -0.493 e. The molecule has 0 aliphatic carbocycles. The van der Waals surface area contributed by atoms with Crippen molar-refractivity contribution in [2.75, 3.05) is 26.2 Å². The lowest BCUT2D eigenvalue weighted by molar-refractivity contribution is 0.0912. The van der Waals surface area contributed by atoms with Gasteiger partial charge in [0.2, 0.25) is 0 Å². The first-order chi connectivity index (χ1) is 9.20. The standard InChI is InChI=1S/C15H20ClNO2/c1-2-19-15-7-6-12(16)10-13(15)14(18)11-17-8-4-3-5-9-17/h6-7,10H,2-5,8-9,11H2,1H3. The van der Waals surface area contributed by atoms with Crippen LogP contribution in [0.1, 0.15) is 36.5 Å². The van der Waals surface area contributed by atoms with Crippen LogP contribution < -0.4 is 4.74 Å². The molecule has 1 fully saturated rings. The number of Topliss-reactive ketones (excluding diaryl/α,β-unsaturated/α-hetero) is 1. The fourth-order valence-electron chi connectivity index (χ4n) is 2.41. The van der Waals surface area contributed by atoms with E-state index >= 15 is 0 Å². The number of nitrogens with zero attached hydrogens (tertiary/aromatic N) is 1. The molecular weight excluding hydrogens is 262 g/mol. The predicted octanol–water partition coefficient (Wildman–Crippen LogP) is 3.41. The number of piperidine rings is 1. The van der Waals surface area contributed by atoms with Crippen molar-refractivity contribution in [1.82, 2.24) is 4.90 Å². The Balaban J connectivity index is 2.10. The highest BCUT2D eigenvalue weighted by Gasteiger charge is 2.18. The van der Waals surface area contributed by atoms with Gasteiger partial charge in [0.1, 0.15) is 5.75 Å². The molecule has 1 aromatic carbocycles. The molecular formula is C15H20ClNO2. The Bertz CT molecular complexity index is 442. The predicted molar refractivity (Wildman–Crippen MR) is 77.2 cm³/mol. The number of hydrogen-bond donors (Lipinski definition) is 0. The number of rotatable bonds is 5. The van der Waals surface area contributed by atoms with Gasteiger partial charge in [-0.05, 0) is 51.1 Å². The van der Waals surface area contributed by atoms with E-state index in [0.717, 1.165) is 13.1 Å². The molecule has 1 aromatic rings. The number of ether oxygens (including phenoxy) is 1. The van der Waals surface area contributed by atoms with Gasteiger partial charge < -0.3 is 4.74 Å². The molecule has 0 atom stereocenters. The van der Waals surface area contributed by atoms with Gasteiger partial charge in [0.25, 0.3) is 0 Å². The average Bonchev–Trinajstić information content (AvgIpc) is 2.42. The molecule has 2 rings (SSSR count). The molecule has 0 aromatic heterocycles. The smallest absolute Gasteiger partial charge is 0.180 e. The molecule has 19 heavy (non-hydrogen) atoms. The first kappa shape index (κ1) is 14.4. The number of benzene rings is 1. The summed E-state index contributed by atoms with van der Waals surface area (Å²) in [5.74, 6) is 0.724. The summed E-state index contributed by atoms with van der Waals surface area (Å²) in [5.41, 5.74) is 0.597. The maximum Gasteiger partial charge on any atom is 0.180 e. The lowest BCUT2D eigenvalue weighted by atomic mass is 10.1. The average molecular weight is 282 g/mol. The van der Waals surface area contributed by atoms with Crippen molar-refractivity contribution in [3.05, 3.63) is 28.8 Å². The van der Waals surface area contributed by atoms with Gasteiger partial charge in [0, 0.05) is 5.02 Å². The van der Waals surface area contributed by atoms with Gasteiger partial charge in [-0.2, -0.15) is 0 Å². The van der Waals surface area contributed by atoms with Crippen molar-refractivity contribution in [2.45, 2.75) is 26.2 Å². The Kier molecular flexibility index (Phi) is 5.23. The van der Waals surface area contributed by atoms with Crippen molar-refractivity contribution in [3.8, 4) is 5.75 Å². The quantitative estimate of drug-likeness (QED) is 0.775. The summed E-state index contributed by atoms with van der Waals surface area (Å²) < 4.78 is 5.50. The summed E-state index contributed by atoms with van der Waals surface area (Å²) in [7, 11) is 0. The summed E-state index contributed by atoms with van der Waals surface area (Å²) in [5, 5.41) is 0.574. The van der Waals surface area contributed by atoms with E-state index in [1.165, 1.54) is 19.3 Å². The van der Waals surface area contributed by atoms with Crippen LogP contribution in [0.4, 0.5) is 0 Å². The van der Waals surface area contributed by atoms with E-state index in [0.29, 0.717) is 29.5 Å². The third kappa shape index (κ3) is 3.95. The highest BCUT2D eigenvalue weighted by molar-refractivity contribution is 6.31. The SMILES string of the molecule is CCOc1ccc(Cl)cc1C(=O)CN1CCCCC1. The van der Waals surface area contributed by atoms with Crippen LogP contribution in [0.3, 0.4) is 0 Å². The van der Waals surface area contributed by atoms with Gasteiger partial charge in [-0.15, -0.1) is 0 Å². The minimum atomic E-state index is 0.0906. The van der Waals surface area contributed by atoms with E-state index in [2.05, 4.69) is 4.90 Å². The Morgan fingerprint density at radius 3 is 2.74 bits per heavy atom. The summed E-state index contributed by atoms with van der Waals surface area (Å²) in [6.45, 7) is 4.94. The highest BCUT2D eigenvalue weighted by atomic mass is 35.5. The molecule has 0 unspecified atom stereocenters. The number of halogens is 1. The Morgan fingerprint density at radius 2 is 2.05 bits per heavy atom. The monoisotopic (exact) mass is 281 g/mol. The zero-order chi connectivity index (χ0) is 13.7. The molecule has 1 saturated heterocycles. The van der Waals surface area contributed by atoms with Gasteiger partial charge in [-0.3, -0.25) is 9.69 Å². The van der Waals surface area contributed by atoms with Crippen LogP contribution in [-0.2, 0) is 0 Å². The Morgan fingerprint density at radius 1 is 1.32 bits per heavy atom. The lowest BCUT2D eigenvalue weighted by Gasteiger charge is -2.25. The van der Waals surface area contributed by atoms with Crippen molar-refractivity contribution in [3.63, 3.8) is 0 Å². The van der Waals surface area contributed by atoms with E-state index in [4.69, 9.17) is 16.3 Å². The van der Waals surface area contributed by atoms with Crippen molar-refractivity contribution in [1.29, 1.82) is 0 Å². The summed E-state index contributed by atoms with van der Waals surface area (Å²) >= 11 is 5.98. The maximum atomic E-state index is 12.4. The molecule has 1 heterocycles. The molecule has 4 heteroatoms. The molecule has 0 bridgehead atoms. The zero-order valence-corrected chi connectivity index (χ0v) is 12.1. The van der Waals surface area contributed by atoms with E-state index in [1.54, 1.807) is 18.2 Å². The van der Waals surface area contributed by atoms with Gasteiger partial charge >= 0.3 is 0 Å². The van der Waals surface area contributed by atoms with Crippen LogP contribution in [-0.4, -0.2) is 36.9 Å². The molecule has 0 saturated carbocycles. The number of carbonyl (C=O) groups is 1. The number of ketones is 1. The van der Waals surface area contributed by atoms with Gasteiger partial charge in [-0.25, -0.2) is 0 Å². The summed E-state index contributed by atoms with van der Waals surface area (Å²) in [6.07, 6.45) is 3.63. The number of likely N-dealkylation sites (tertiary alicyclic amines) is 1. The van der Waals surface area contributed by atoms with Crippen LogP contribution in [0.25, 0.3) is 0 Å². The second kappa shape index (κ2) is 6.92. The van der Waals surface area contributed by atoms with Crippen molar-refractivity contribution >= 4 is 17.4 Å². The van der Waals surface area contributed by atoms with Crippen molar-refractivity contribution < 1.29 is 9.53 Å². The second-order valence-electron chi connectivity index (χ2n) is 4.83. The Labute approximate surface area is 119 Å². The summed E-state index contributed by atoms with van der Waals surface area (Å²) in [6, 6.07) is 5.23. The van der Waals surface area contributed by atoms with Crippen molar-refractivity contribution in [2.24, 2.45) is 0 Å². The highest BCUT2D eigenvalue weighted by Crippen LogP contribution is 2.24. The van der Waals surface area contributed by atoms with Gasteiger partial charge in [-0.1, -0.05) is 18.0 Å². The van der Waals surface area contributed by atoms with Gasteiger partial charge in [0.15, 0.2) is 5.78 Å². The molecule has 0 N–H and O–H groups in total. The van der Waals surface area contributed by atoms with E-state index < -0.39 is 0 Å². The normalized spacial score (nSPS) is 16.3. The zero-order valence-electron chi connectivity index (χ0n) is 11.3. The number of hydrogen-bond acceptors (Lipinski definition) is 3. The third-order valence-electron chi connectivity index (χ3n) is 3.36. The fraction of sp³-hybridized carbons (Fsp3) is 0.533. The van der Waals surface area contributed by atoms with E-state index in [1.807, 2.05) is 6.92 Å².